The summed E-state index contributed by atoms with van der Waals surface area (Å²) >= 11 is 1.40. The molecular formula is C18H15FN2O2S. The average Bonchev–Trinajstić information content (AvgIpc) is 2.59. The smallest absolute Gasteiger partial charge is 0.244 e. The van der Waals surface area contributed by atoms with Crippen molar-refractivity contribution in [1.29, 1.82) is 0 Å². The minimum atomic E-state index is -0.509. The number of anilines is 1. The zero-order chi connectivity index (χ0) is 16.9. The van der Waals surface area contributed by atoms with Gasteiger partial charge in [0.1, 0.15) is 12.4 Å². The summed E-state index contributed by atoms with van der Waals surface area (Å²) in [5, 5.41) is 4.38. The van der Waals surface area contributed by atoms with Gasteiger partial charge < -0.3 is 10.2 Å². The summed E-state index contributed by atoms with van der Waals surface area (Å²) in [4.78, 5) is 25.9. The Balaban J connectivity index is 1.77. The van der Waals surface area contributed by atoms with Crippen LogP contribution in [0, 0.1) is 5.82 Å². The molecule has 1 aliphatic rings. The number of rotatable bonds is 4. The number of benzene rings is 2. The average molecular weight is 342 g/mol. The Kier molecular flexibility index (Phi) is 4.96. The van der Waals surface area contributed by atoms with Crippen molar-refractivity contribution in [1.82, 2.24) is 4.90 Å². The minimum absolute atomic E-state index is 0.103. The Hall–Kier alpha value is -2.60. The lowest BCUT2D eigenvalue weighted by atomic mass is 10.1. The molecule has 4 nitrogen and oxygen atoms in total. The maximum absolute atomic E-state index is 13.6. The SMILES string of the molecule is O=C(CN1C(=O)CSC=C1c1ccccc1)Nc1ccccc1F. The van der Waals surface area contributed by atoms with Gasteiger partial charge in [-0.2, -0.15) is 0 Å². The molecule has 0 unspecified atom stereocenters. The van der Waals surface area contributed by atoms with Gasteiger partial charge in [-0.3, -0.25) is 9.59 Å². The third kappa shape index (κ3) is 3.65. The number of hydrogen-bond acceptors (Lipinski definition) is 3. The maximum Gasteiger partial charge on any atom is 0.244 e. The summed E-state index contributed by atoms with van der Waals surface area (Å²) < 4.78 is 13.6. The lowest BCUT2D eigenvalue weighted by molar-refractivity contribution is -0.129. The molecule has 2 aromatic carbocycles. The molecule has 122 valence electrons. The molecule has 0 atom stereocenters. The lowest BCUT2D eigenvalue weighted by Gasteiger charge is -2.28. The molecule has 0 aliphatic carbocycles. The topological polar surface area (TPSA) is 49.4 Å². The van der Waals surface area contributed by atoms with E-state index in [1.165, 1.54) is 28.8 Å². The van der Waals surface area contributed by atoms with Crippen molar-refractivity contribution in [2.75, 3.05) is 17.6 Å². The fourth-order valence-electron chi connectivity index (χ4n) is 2.37. The van der Waals surface area contributed by atoms with Crippen LogP contribution in [-0.2, 0) is 9.59 Å². The molecule has 1 N–H and O–H groups in total. The monoisotopic (exact) mass is 342 g/mol. The summed E-state index contributed by atoms with van der Waals surface area (Å²) in [6.45, 7) is -0.158. The second kappa shape index (κ2) is 7.31. The van der Waals surface area contributed by atoms with E-state index >= 15 is 0 Å². The van der Waals surface area contributed by atoms with E-state index in [2.05, 4.69) is 5.32 Å². The number of nitrogens with one attached hydrogen (secondary N) is 1. The van der Waals surface area contributed by atoms with Gasteiger partial charge in [0.25, 0.3) is 0 Å². The predicted octanol–water partition coefficient (Wildman–Crippen LogP) is 3.34. The van der Waals surface area contributed by atoms with Crippen LogP contribution in [0.2, 0.25) is 0 Å². The van der Waals surface area contributed by atoms with Crippen molar-refractivity contribution in [2.45, 2.75) is 0 Å². The zero-order valence-electron chi connectivity index (χ0n) is 12.7. The first-order valence-corrected chi connectivity index (χ1v) is 8.42. The highest BCUT2D eigenvalue weighted by Gasteiger charge is 2.25. The summed E-state index contributed by atoms with van der Waals surface area (Å²) in [5.74, 6) is -0.819. The maximum atomic E-state index is 13.6. The number of carbonyl (C=O) groups excluding carboxylic acids is 2. The van der Waals surface area contributed by atoms with E-state index < -0.39 is 11.7 Å². The van der Waals surface area contributed by atoms with Crippen molar-refractivity contribution in [3.8, 4) is 0 Å². The van der Waals surface area contributed by atoms with Gasteiger partial charge in [0, 0.05) is 0 Å². The van der Waals surface area contributed by atoms with Gasteiger partial charge in [0.15, 0.2) is 0 Å². The van der Waals surface area contributed by atoms with Crippen LogP contribution in [0.1, 0.15) is 5.56 Å². The van der Waals surface area contributed by atoms with Crippen LogP contribution >= 0.6 is 11.8 Å². The second-order valence-electron chi connectivity index (χ2n) is 5.19. The van der Waals surface area contributed by atoms with Crippen molar-refractivity contribution in [2.24, 2.45) is 0 Å². The molecule has 3 rings (SSSR count). The van der Waals surface area contributed by atoms with Crippen LogP contribution in [-0.4, -0.2) is 29.0 Å². The fraction of sp³-hybridized carbons (Fsp3) is 0.111. The fourth-order valence-corrected chi connectivity index (χ4v) is 3.17. The van der Waals surface area contributed by atoms with Gasteiger partial charge >= 0.3 is 0 Å². The quantitative estimate of drug-likeness (QED) is 0.927. The highest BCUT2D eigenvalue weighted by Crippen LogP contribution is 2.28. The molecule has 0 aromatic heterocycles. The number of thioether (sulfide) groups is 1. The highest BCUT2D eigenvalue weighted by molar-refractivity contribution is 8.03. The van der Waals surface area contributed by atoms with Crippen LogP contribution < -0.4 is 5.32 Å². The molecule has 0 bridgehead atoms. The first-order chi connectivity index (χ1) is 11.6. The molecule has 0 saturated carbocycles. The normalized spacial score (nSPS) is 14.3. The van der Waals surface area contributed by atoms with Crippen molar-refractivity contribution in [3.05, 3.63) is 71.4 Å². The Morgan fingerprint density at radius 2 is 1.83 bits per heavy atom. The number of halogens is 1. The third-order valence-corrected chi connectivity index (χ3v) is 4.32. The highest BCUT2D eigenvalue weighted by atomic mass is 32.2. The Labute approximate surface area is 143 Å². The number of hydrogen-bond donors (Lipinski definition) is 1. The van der Waals surface area contributed by atoms with E-state index in [0.717, 1.165) is 5.56 Å². The molecule has 2 aromatic rings. The lowest BCUT2D eigenvalue weighted by Crippen LogP contribution is -2.39. The molecule has 0 spiro atoms. The largest absolute Gasteiger partial charge is 0.322 e. The molecule has 0 saturated heterocycles. The standard InChI is InChI=1S/C18H15FN2O2S/c19-14-8-4-5-9-15(14)20-17(22)10-21-16(11-24-12-18(21)23)13-6-2-1-3-7-13/h1-9,11H,10,12H2,(H,20,22). The van der Waals surface area contributed by atoms with Gasteiger partial charge in [-0.1, -0.05) is 42.5 Å². The molecule has 1 aliphatic heterocycles. The van der Waals surface area contributed by atoms with Gasteiger partial charge in [0.05, 0.1) is 17.1 Å². The van der Waals surface area contributed by atoms with Crippen LogP contribution in [0.4, 0.5) is 10.1 Å². The van der Waals surface area contributed by atoms with Gasteiger partial charge in [-0.25, -0.2) is 4.39 Å². The summed E-state index contributed by atoms with van der Waals surface area (Å²) in [6, 6.07) is 15.3. The van der Waals surface area contributed by atoms with E-state index in [4.69, 9.17) is 0 Å². The molecule has 0 fully saturated rings. The van der Waals surface area contributed by atoms with E-state index in [9.17, 15) is 14.0 Å². The molecule has 6 heteroatoms. The Morgan fingerprint density at radius 1 is 1.12 bits per heavy atom. The summed E-state index contributed by atoms with van der Waals surface area (Å²) in [6.07, 6.45) is 0. The Bertz CT molecular complexity index is 793. The molecule has 0 radical (unpaired) electrons. The number of para-hydroxylation sites is 1. The number of amides is 2. The molecular weight excluding hydrogens is 327 g/mol. The van der Waals surface area contributed by atoms with Gasteiger partial charge in [-0.15, -0.1) is 11.8 Å². The van der Waals surface area contributed by atoms with Crippen LogP contribution in [0.3, 0.4) is 0 Å². The predicted molar refractivity (Wildman–Crippen MR) is 93.6 cm³/mol. The second-order valence-corrected chi connectivity index (χ2v) is 6.05. The summed E-state index contributed by atoms with van der Waals surface area (Å²) in [7, 11) is 0. The van der Waals surface area contributed by atoms with Gasteiger partial charge in [-0.05, 0) is 23.1 Å². The van der Waals surface area contributed by atoms with E-state index in [1.807, 2.05) is 35.7 Å². The number of nitrogens with zero attached hydrogens (tertiary/aromatic N) is 1. The van der Waals surface area contributed by atoms with E-state index in [0.29, 0.717) is 5.70 Å². The van der Waals surface area contributed by atoms with Crippen LogP contribution in [0.25, 0.3) is 5.70 Å². The van der Waals surface area contributed by atoms with Crippen LogP contribution in [0.5, 0.6) is 0 Å². The van der Waals surface area contributed by atoms with Gasteiger partial charge in [0.2, 0.25) is 11.8 Å². The first-order valence-electron chi connectivity index (χ1n) is 7.37. The minimum Gasteiger partial charge on any atom is -0.322 e. The van der Waals surface area contributed by atoms with E-state index in [1.54, 1.807) is 12.1 Å². The van der Waals surface area contributed by atoms with Crippen LogP contribution in [0.15, 0.2) is 60.0 Å². The number of carbonyl (C=O) groups is 2. The summed E-state index contributed by atoms with van der Waals surface area (Å²) in [5.41, 5.74) is 1.64. The van der Waals surface area contributed by atoms with Crippen molar-refractivity contribution in [3.63, 3.8) is 0 Å². The first kappa shape index (κ1) is 16.3. The molecule has 1 heterocycles. The third-order valence-electron chi connectivity index (χ3n) is 3.51. The molecule has 24 heavy (non-hydrogen) atoms. The van der Waals surface area contributed by atoms with Crippen molar-refractivity contribution >= 4 is 35.0 Å². The van der Waals surface area contributed by atoms with Crippen molar-refractivity contribution < 1.29 is 14.0 Å². The molecule has 2 amide bonds. The van der Waals surface area contributed by atoms with E-state index in [-0.39, 0.29) is 23.9 Å². The Morgan fingerprint density at radius 3 is 2.58 bits per heavy atom. The zero-order valence-corrected chi connectivity index (χ0v) is 13.6.